The molecular weight excluding hydrogens is 410 g/mol. The minimum absolute atomic E-state index is 0.745. The molecule has 0 spiro atoms. The zero-order chi connectivity index (χ0) is 25.1. The smallest absolute Gasteiger partial charge is 0.00921 e. The highest BCUT2D eigenvalue weighted by Gasteiger charge is 2.10. The predicted octanol–water partition coefficient (Wildman–Crippen LogP) is 11.3. The van der Waals surface area contributed by atoms with Crippen molar-refractivity contribution in [3.05, 3.63) is 24.3 Å². The van der Waals surface area contributed by atoms with Gasteiger partial charge in [-0.2, -0.15) is 0 Å². The van der Waals surface area contributed by atoms with Crippen LogP contribution in [0, 0.1) is 5.92 Å². The second-order valence-electron chi connectivity index (χ2n) is 11.0. The van der Waals surface area contributed by atoms with Crippen LogP contribution < -0.4 is 0 Å². The first kappa shape index (κ1) is 33.4. The third-order valence-electron chi connectivity index (χ3n) is 7.67. The maximum absolute atomic E-state index is 2.46. The molecule has 0 aromatic rings. The normalized spacial score (nSPS) is 14.1. The largest absolute Gasteiger partial charge is 0.306 e. The van der Waals surface area contributed by atoms with E-state index in [0.717, 1.165) is 18.4 Å². The van der Waals surface area contributed by atoms with E-state index in [1.807, 2.05) is 0 Å². The molecule has 0 rings (SSSR count). The standard InChI is InChI=1S/C33H65N/c1-6-9-11-13-15-16-17-19-21-26-30-33(34(4)5)31-27-23-22-25-29-32(8-3)28-24-20-18-14-12-10-7-2/h15-16,19,21,32-33H,6-14,17-18,20,22-31H2,1-5H3/b16-15-,21-19-. The van der Waals surface area contributed by atoms with Gasteiger partial charge in [-0.1, -0.05) is 148 Å². The van der Waals surface area contributed by atoms with Crippen molar-refractivity contribution in [3.8, 4) is 0 Å². The SMILES string of the molecule is CCCCC/C=C\C/C=C\CCC(CCCCCCC(CC)CCCCCCCCC)N(C)C. The van der Waals surface area contributed by atoms with E-state index in [-0.39, 0.29) is 0 Å². The lowest BCUT2D eigenvalue weighted by atomic mass is 9.92. The fourth-order valence-electron chi connectivity index (χ4n) is 5.08. The Morgan fingerprint density at radius 2 is 1.00 bits per heavy atom. The molecule has 0 radical (unpaired) electrons. The third-order valence-corrected chi connectivity index (χ3v) is 7.67. The number of allylic oxidation sites excluding steroid dienone is 4. The summed E-state index contributed by atoms with van der Waals surface area (Å²) in [6.07, 6.45) is 40.0. The summed E-state index contributed by atoms with van der Waals surface area (Å²) in [6, 6.07) is 0.745. The lowest BCUT2D eigenvalue weighted by Crippen LogP contribution is -2.27. The van der Waals surface area contributed by atoms with Crippen LogP contribution in [0.5, 0.6) is 0 Å². The molecule has 2 unspecified atom stereocenters. The minimum atomic E-state index is 0.745. The fourth-order valence-corrected chi connectivity index (χ4v) is 5.08. The average Bonchev–Trinajstić information content (AvgIpc) is 2.83. The van der Waals surface area contributed by atoms with Crippen LogP contribution in [0.25, 0.3) is 0 Å². The molecule has 1 heteroatoms. The minimum Gasteiger partial charge on any atom is -0.306 e. The molecule has 0 heterocycles. The molecule has 34 heavy (non-hydrogen) atoms. The lowest BCUT2D eigenvalue weighted by molar-refractivity contribution is 0.258. The predicted molar refractivity (Wildman–Crippen MR) is 158 cm³/mol. The van der Waals surface area contributed by atoms with Crippen LogP contribution in [-0.2, 0) is 0 Å². The van der Waals surface area contributed by atoms with Crippen molar-refractivity contribution in [2.45, 2.75) is 168 Å². The fraction of sp³-hybridized carbons (Fsp3) is 0.879. The van der Waals surface area contributed by atoms with Gasteiger partial charge in [-0.3, -0.25) is 0 Å². The summed E-state index contributed by atoms with van der Waals surface area (Å²) in [5.41, 5.74) is 0. The van der Waals surface area contributed by atoms with Gasteiger partial charge in [0.25, 0.3) is 0 Å². The molecule has 0 bridgehead atoms. The van der Waals surface area contributed by atoms with Gasteiger partial charge >= 0.3 is 0 Å². The van der Waals surface area contributed by atoms with Crippen LogP contribution in [0.15, 0.2) is 24.3 Å². The van der Waals surface area contributed by atoms with Crippen LogP contribution in [-0.4, -0.2) is 25.0 Å². The molecule has 0 N–H and O–H groups in total. The van der Waals surface area contributed by atoms with Crippen LogP contribution in [0.4, 0.5) is 0 Å². The van der Waals surface area contributed by atoms with E-state index in [2.05, 4.69) is 64.1 Å². The Morgan fingerprint density at radius 1 is 0.500 bits per heavy atom. The first-order valence-corrected chi connectivity index (χ1v) is 15.6. The molecule has 0 saturated heterocycles. The monoisotopic (exact) mass is 476 g/mol. The molecule has 0 aromatic carbocycles. The summed E-state index contributed by atoms with van der Waals surface area (Å²) in [6.45, 7) is 6.99. The van der Waals surface area contributed by atoms with E-state index in [4.69, 9.17) is 0 Å². The second-order valence-corrected chi connectivity index (χ2v) is 11.0. The van der Waals surface area contributed by atoms with Gasteiger partial charge in [0.15, 0.2) is 0 Å². The number of hydrogen-bond acceptors (Lipinski definition) is 1. The molecule has 0 aliphatic rings. The molecule has 1 nitrogen and oxygen atoms in total. The van der Waals surface area contributed by atoms with E-state index in [9.17, 15) is 0 Å². The van der Waals surface area contributed by atoms with Gasteiger partial charge in [-0.05, 0) is 58.5 Å². The molecule has 0 saturated carbocycles. The number of hydrogen-bond donors (Lipinski definition) is 0. The van der Waals surface area contributed by atoms with Gasteiger partial charge < -0.3 is 4.90 Å². The van der Waals surface area contributed by atoms with E-state index < -0.39 is 0 Å². The van der Waals surface area contributed by atoms with Crippen LogP contribution in [0.1, 0.15) is 162 Å². The first-order valence-electron chi connectivity index (χ1n) is 15.6. The molecule has 0 amide bonds. The average molecular weight is 476 g/mol. The second kappa shape index (κ2) is 27.0. The van der Waals surface area contributed by atoms with Crippen LogP contribution in [0.3, 0.4) is 0 Å². The van der Waals surface area contributed by atoms with Crippen molar-refractivity contribution in [2.75, 3.05) is 14.1 Å². The van der Waals surface area contributed by atoms with Gasteiger partial charge in [0.2, 0.25) is 0 Å². The maximum atomic E-state index is 2.46. The summed E-state index contributed by atoms with van der Waals surface area (Å²) < 4.78 is 0. The van der Waals surface area contributed by atoms with Crippen molar-refractivity contribution >= 4 is 0 Å². The zero-order valence-corrected chi connectivity index (χ0v) is 24.5. The molecule has 0 aromatic heterocycles. The molecule has 2 atom stereocenters. The number of unbranched alkanes of at least 4 members (excludes halogenated alkanes) is 12. The highest BCUT2D eigenvalue weighted by molar-refractivity contribution is 4.93. The Hall–Kier alpha value is -0.560. The van der Waals surface area contributed by atoms with Crippen molar-refractivity contribution in [1.82, 2.24) is 4.90 Å². The van der Waals surface area contributed by atoms with Gasteiger partial charge in [0, 0.05) is 6.04 Å². The van der Waals surface area contributed by atoms with Crippen molar-refractivity contribution < 1.29 is 0 Å². The Bertz CT molecular complexity index is 436. The summed E-state index contributed by atoms with van der Waals surface area (Å²) in [7, 11) is 4.53. The molecule has 0 aliphatic heterocycles. The van der Waals surface area contributed by atoms with Crippen molar-refractivity contribution in [3.63, 3.8) is 0 Å². The van der Waals surface area contributed by atoms with Gasteiger partial charge in [0.05, 0.1) is 0 Å². The molecular formula is C33H65N. The van der Waals surface area contributed by atoms with Crippen molar-refractivity contribution in [2.24, 2.45) is 5.92 Å². The maximum Gasteiger partial charge on any atom is 0.00921 e. The summed E-state index contributed by atoms with van der Waals surface area (Å²) in [5, 5.41) is 0. The first-order chi connectivity index (χ1) is 16.7. The molecule has 0 aliphatic carbocycles. The summed E-state index contributed by atoms with van der Waals surface area (Å²) >= 11 is 0. The van der Waals surface area contributed by atoms with Crippen molar-refractivity contribution in [1.29, 1.82) is 0 Å². The Kier molecular flexibility index (Phi) is 26.6. The zero-order valence-electron chi connectivity index (χ0n) is 24.5. The number of rotatable bonds is 26. The summed E-state index contributed by atoms with van der Waals surface area (Å²) in [5.74, 6) is 0.989. The quantitative estimate of drug-likeness (QED) is 0.0887. The van der Waals surface area contributed by atoms with E-state index in [1.54, 1.807) is 0 Å². The number of nitrogens with zero attached hydrogens (tertiary/aromatic N) is 1. The van der Waals surface area contributed by atoms with E-state index in [1.165, 1.54) is 135 Å². The summed E-state index contributed by atoms with van der Waals surface area (Å²) in [4.78, 5) is 2.46. The van der Waals surface area contributed by atoms with Crippen LogP contribution >= 0.6 is 0 Å². The molecule has 0 fully saturated rings. The topological polar surface area (TPSA) is 3.24 Å². The van der Waals surface area contributed by atoms with Crippen LogP contribution in [0.2, 0.25) is 0 Å². The Morgan fingerprint density at radius 3 is 1.56 bits per heavy atom. The third kappa shape index (κ3) is 23.2. The van der Waals surface area contributed by atoms with E-state index >= 15 is 0 Å². The van der Waals surface area contributed by atoms with Gasteiger partial charge in [-0.15, -0.1) is 0 Å². The van der Waals surface area contributed by atoms with E-state index in [0.29, 0.717) is 0 Å². The Balaban J connectivity index is 3.76. The lowest BCUT2D eigenvalue weighted by Gasteiger charge is -2.24. The highest BCUT2D eigenvalue weighted by atomic mass is 15.1. The highest BCUT2D eigenvalue weighted by Crippen LogP contribution is 2.22. The van der Waals surface area contributed by atoms with Gasteiger partial charge in [-0.25, -0.2) is 0 Å². The Labute approximate surface area is 217 Å². The molecule has 202 valence electrons. The van der Waals surface area contributed by atoms with Gasteiger partial charge in [0.1, 0.15) is 0 Å².